The SMILES string of the molecule is Cc1ccc(C(O)C=O)c(C)c1. The first-order valence-corrected chi connectivity index (χ1v) is 3.85. The molecule has 0 heterocycles. The zero-order chi connectivity index (χ0) is 9.14. The van der Waals surface area contributed by atoms with E-state index >= 15 is 0 Å². The van der Waals surface area contributed by atoms with Crippen molar-refractivity contribution in [2.75, 3.05) is 0 Å². The van der Waals surface area contributed by atoms with Gasteiger partial charge < -0.3 is 9.90 Å². The van der Waals surface area contributed by atoms with Crippen LogP contribution in [0.4, 0.5) is 0 Å². The van der Waals surface area contributed by atoms with Crippen molar-refractivity contribution in [1.82, 2.24) is 0 Å². The molecule has 1 aromatic carbocycles. The lowest BCUT2D eigenvalue weighted by molar-refractivity contribution is -0.115. The Balaban J connectivity index is 3.09. The van der Waals surface area contributed by atoms with Crippen LogP contribution in [0, 0.1) is 13.8 Å². The van der Waals surface area contributed by atoms with E-state index in [0.29, 0.717) is 11.8 Å². The summed E-state index contributed by atoms with van der Waals surface area (Å²) in [6.45, 7) is 3.86. The maximum atomic E-state index is 10.3. The summed E-state index contributed by atoms with van der Waals surface area (Å²) in [6.07, 6.45) is -0.442. The Kier molecular flexibility index (Phi) is 2.61. The van der Waals surface area contributed by atoms with Gasteiger partial charge in [-0.25, -0.2) is 0 Å². The van der Waals surface area contributed by atoms with Crippen LogP contribution in [-0.2, 0) is 4.79 Å². The van der Waals surface area contributed by atoms with E-state index in [2.05, 4.69) is 0 Å². The molecule has 64 valence electrons. The van der Waals surface area contributed by atoms with Crippen LogP contribution in [0.2, 0.25) is 0 Å². The molecule has 1 unspecified atom stereocenters. The molecule has 0 aliphatic heterocycles. The highest BCUT2D eigenvalue weighted by molar-refractivity contribution is 5.60. The second-order valence-electron chi connectivity index (χ2n) is 2.94. The number of hydrogen-bond acceptors (Lipinski definition) is 2. The van der Waals surface area contributed by atoms with Gasteiger partial charge >= 0.3 is 0 Å². The van der Waals surface area contributed by atoms with Gasteiger partial charge in [0.15, 0.2) is 6.29 Å². The van der Waals surface area contributed by atoms with E-state index in [-0.39, 0.29) is 0 Å². The standard InChI is InChI=1S/C10H12O2/c1-7-3-4-9(8(2)5-7)10(12)6-11/h3-6,10,12H,1-2H3. The number of hydrogen-bond donors (Lipinski definition) is 1. The number of rotatable bonds is 2. The summed E-state index contributed by atoms with van der Waals surface area (Å²) in [7, 11) is 0. The summed E-state index contributed by atoms with van der Waals surface area (Å²) in [5.74, 6) is 0. The molecule has 0 amide bonds. The van der Waals surface area contributed by atoms with Crippen LogP contribution in [0.3, 0.4) is 0 Å². The van der Waals surface area contributed by atoms with Crippen molar-refractivity contribution in [2.24, 2.45) is 0 Å². The third kappa shape index (κ3) is 1.71. The largest absolute Gasteiger partial charge is 0.381 e. The smallest absolute Gasteiger partial charge is 0.153 e. The predicted octanol–water partition coefficient (Wildman–Crippen LogP) is 1.54. The number of aliphatic hydroxyl groups is 1. The summed E-state index contributed by atoms with van der Waals surface area (Å²) in [5, 5.41) is 9.23. The zero-order valence-corrected chi connectivity index (χ0v) is 7.24. The molecule has 0 bridgehead atoms. The first-order chi connectivity index (χ1) is 5.65. The van der Waals surface area contributed by atoms with Gasteiger partial charge in [-0.3, -0.25) is 0 Å². The van der Waals surface area contributed by atoms with Crippen molar-refractivity contribution in [2.45, 2.75) is 20.0 Å². The van der Waals surface area contributed by atoms with E-state index in [1.165, 1.54) is 0 Å². The first kappa shape index (κ1) is 8.94. The van der Waals surface area contributed by atoms with Crippen molar-refractivity contribution >= 4 is 6.29 Å². The second kappa shape index (κ2) is 3.50. The molecule has 0 saturated heterocycles. The minimum atomic E-state index is -0.981. The molecule has 1 rings (SSSR count). The Bertz CT molecular complexity index is 292. The lowest BCUT2D eigenvalue weighted by Crippen LogP contribution is -2.00. The van der Waals surface area contributed by atoms with Gasteiger partial charge in [-0.05, 0) is 25.0 Å². The molecule has 0 aliphatic carbocycles. The Labute approximate surface area is 71.8 Å². The normalized spacial score (nSPS) is 12.6. The fourth-order valence-electron chi connectivity index (χ4n) is 1.23. The number of carbonyl (C=O) groups excluding carboxylic acids is 1. The van der Waals surface area contributed by atoms with Gasteiger partial charge in [0.2, 0.25) is 0 Å². The molecule has 2 heteroatoms. The summed E-state index contributed by atoms with van der Waals surface area (Å²) >= 11 is 0. The molecule has 0 fully saturated rings. The van der Waals surface area contributed by atoms with Gasteiger partial charge in [-0.2, -0.15) is 0 Å². The van der Waals surface area contributed by atoms with E-state index in [1.807, 2.05) is 26.0 Å². The van der Waals surface area contributed by atoms with Crippen molar-refractivity contribution in [1.29, 1.82) is 0 Å². The first-order valence-electron chi connectivity index (χ1n) is 3.85. The maximum Gasteiger partial charge on any atom is 0.153 e. The third-order valence-corrected chi connectivity index (χ3v) is 1.87. The van der Waals surface area contributed by atoms with E-state index < -0.39 is 6.10 Å². The van der Waals surface area contributed by atoms with E-state index in [0.717, 1.165) is 11.1 Å². The van der Waals surface area contributed by atoms with Gasteiger partial charge in [0, 0.05) is 0 Å². The van der Waals surface area contributed by atoms with E-state index in [9.17, 15) is 9.90 Å². The molecular weight excluding hydrogens is 152 g/mol. The van der Waals surface area contributed by atoms with Gasteiger partial charge in [0.05, 0.1) is 0 Å². The predicted molar refractivity (Wildman–Crippen MR) is 46.9 cm³/mol. The van der Waals surface area contributed by atoms with Crippen molar-refractivity contribution < 1.29 is 9.90 Å². The quantitative estimate of drug-likeness (QED) is 0.673. The topological polar surface area (TPSA) is 37.3 Å². The molecule has 0 aromatic heterocycles. The minimum absolute atomic E-state index is 0.539. The summed E-state index contributed by atoms with van der Waals surface area (Å²) in [4.78, 5) is 10.3. The average molecular weight is 164 g/mol. The lowest BCUT2D eigenvalue weighted by atomic mass is 10.0. The fourth-order valence-corrected chi connectivity index (χ4v) is 1.23. The molecule has 12 heavy (non-hydrogen) atoms. The summed E-state index contributed by atoms with van der Waals surface area (Å²) in [6, 6.07) is 5.61. The van der Waals surface area contributed by atoms with E-state index in [1.54, 1.807) is 6.07 Å². The number of carbonyl (C=O) groups is 1. The summed E-state index contributed by atoms with van der Waals surface area (Å²) in [5.41, 5.74) is 2.78. The number of aliphatic hydroxyl groups excluding tert-OH is 1. The van der Waals surface area contributed by atoms with Crippen LogP contribution in [-0.4, -0.2) is 11.4 Å². The van der Waals surface area contributed by atoms with Crippen LogP contribution in [0.25, 0.3) is 0 Å². The average Bonchev–Trinajstić information content (AvgIpc) is 2.03. The van der Waals surface area contributed by atoms with Gasteiger partial charge in [0.25, 0.3) is 0 Å². The van der Waals surface area contributed by atoms with Crippen LogP contribution in [0.5, 0.6) is 0 Å². The molecular formula is C10H12O2. The van der Waals surface area contributed by atoms with Crippen molar-refractivity contribution in [3.63, 3.8) is 0 Å². The van der Waals surface area contributed by atoms with Crippen LogP contribution in [0.1, 0.15) is 22.8 Å². The molecule has 0 saturated carbocycles. The molecule has 0 aliphatic rings. The number of benzene rings is 1. The maximum absolute atomic E-state index is 10.3. The molecule has 1 aromatic rings. The van der Waals surface area contributed by atoms with E-state index in [4.69, 9.17) is 0 Å². The second-order valence-corrected chi connectivity index (χ2v) is 2.94. The number of aryl methyl sites for hydroxylation is 2. The third-order valence-electron chi connectivity index (χ3n) is 1.87. The molecule has 2 nitrogen and oxygen atoms in total. The highest BCUT2D eigenvalue weighted by Crippen LogP contribution is 2.16. The molecule has 0 spiro atoms. The Hall–Kier alpha value is -1.15. The van der Waals surface area contributed by atoms with Gasteiger partial charge in [0.1, 0.15) is 6.10 Å². The molecule has 1 atom stereocenters. The van der Waals surface area contributed by atoms with Crippen molar-refractivity contribution in [3.8, 4) is 0 Å². The molecule has 0 radical (unpaired) electrons. The van der Waals surface area contributed by atoms with Gasteiger partial charge in [-0.1, -0.05) is 23.8 Å². The monoisotopic (exact) mass is 164 g/mol. The van der Waals surface area contributed by atoms with Crippen LogP contribution >= 0.6 is 0 Å². The Morgan fingerprint density at radius 1 is 1.42 bits per heavy atom. The Morgan fingerprint density at radius 2 is 2.08 bits per heavy atom. The summed E-state index contributed by atoms with van der Waals surface area (Å²) < 4.78 is 0. The van der Waals surface area contributed by atoms with Gasteiger partial charge in [-0.15, -0.1) is 0 Å². The lowest BCUT2D eigenvalue weighted by Gasteiger charge is -2.07. The number of aldehydes is 1. The highest BCUT2D eigenvalue weighted by atomic mass is 16.3. The minimum Gasteiger partial charge on any atom is -0.381 e. The highest BCUT2D eigenvalue weighted by Gasteiger charge is 2.07. The fraction of sp³-hybridized carbons (Fsp3) is 0.300. The Morgan fingerprint density at radius 3 is 2.58 bits per heavy atom. The zero-order valence-electron chi connectivity index (χ0n) is 7.24. The molecule has 1 N–H and O–H groups in total. The van der Waals surface area contributed by atoms with Crippen molar-refractivity contribution in [3.05, 3.63) is 34.9 Å². The van der Waals surface area contributed by atoms with Crippen LogP contribution < -0.4 is 0 Å². The van der Waals surface area contributed by atoms with Crippen LogP contribution in [0.15, 0.2) is 18.2 Å².